The van der Waals surface area contributed by atoms with Crippen molar-refractivity contribution in [2.75, 3.05) is 0 Å². The minimum absolute atomic E-state index is 0.00558. The predicted molar refractivity (Wildman–Crippen MR) is 65.1 cm³/mol. The molecule has 0 saturated carbocycles. The molecule has 16 heteroatoms. The van der Waals surface area contributed by atoms with Crippen molar-refractivity contribution in [3.8, 4) is 11.9 Å². The van der Waals surface area contributed by atoms with Gasteiger partial charge in [0.2, 0.25) is 11.9 Å². The van der Waals surface area contributed by atoms with Gasteiger partial charge in [-0.3, -0.25) is 0 Å². The Bertz CT molecular complexity index is 812. The first-order valence-electron chi connectivity index (χ1n) is 5.32. The number of aromatic nitrogens is 10. The molecule has 0 bridgehead atoms. The summed E-state index contributed by atoms with van der Waals surface area (Å²) >= 11 is 0. The van der Waals surface area contributed by atoms with E-state index in [0.717, 1.165) is 9.36 Å². The summed E-state index contributed by atoms with van der Waals surface area (Å²) in [6.07, 6.45) is 2.47. The number of azide groups is 2. The highest BCUT2D eigenvalue weighted by Crippen LogP contribution is 2.06. The van der Waals surface area contributed by atoms with Crippen molar-refractivity contribution in [1.82, 2.24) is 49.9 Å². The van der Waals surface area contributed by atoms with Crippen LogP contribution in [0.3, 0.4) is 0 Å². The van der Waals surface area contributed by atoms with Gasteiger partial charge in [-0.25, -0.2) is 9.97 Å². The van der Waals surface area contributed by atoms with Gasteiger partial charge in [0.05, 0.1) is 0 Å². The summed E-state index contributed by atoms with van der Waals surface area (Å²) < 4.78 is 2.25. The lowest BCUT2D eigenvalue weighted by molar-refractivity contribution is 0.679. The van der Waals surface area contributed by atoms with Gasteiger partial charge in [-0.2, -0.15) is 9.36 Å². The zero-order chi connectivity index (χ0) is 15.4. The van der Waals surface area contributed by atoms with Gasteiger partial charge < -0.3 is 0 Å². The highest BCUT2D eigenvalue weighted by molar-refractivity contribution is 5.16. The Kier molecular flexibility index (Phi) is 3.18. The molecule has 0 amide bonds. The first-order valence-corrected chi connectivity index (χ1v) is 5.32. The van der Waals surface area contributed by atoms with E-state index in [-0.39, 0.29) is 23.8 Å². The van der Waals surface area contributed by atoms with Gasteiger partial charge in [0, 0.05) is 9.82 Å². The molecule has 0 fully saturated rings. The van der Waals surface area contributed by atoms with Crippen molar-refractivity contribution >= 4 is 11.9 Å². The van der Waals surface area contributed by atoms with Gasteiger partial charge in [-0.05, 0) is 21.3 Å². The largest absolute Gasteiger partial charge is 0.290 e. The van der Waals surface area contributed by atoms with Crippen LogP contribution in [0.4, 0.5) is 11.9 Å². The zero-order valence-electron chi connectivity index (χ0n) is 10.3. The van der Waals surface area contributed by atoms with Crippen LogP contribution in [0.15, 0.2) is 22.9 Å². The van der Waals surface area contributed by atoms with Gasteiger partial charge in [0.15, 0.2) is 0 Å². The molecule has 3 aromatic heterocycles. The summed E-state index contributed by atoms with van der Waals surface area (Å²) in [6, 6.07) is 0. The molecular formula is C6H2N16. The van der Waals surface area contributed by atoms with E-state index in [4.69, 9.17) is 11.1 Å². The predicted octanol–water partition coefficient (Wildman–Crippen LogP) is 0.312. The van der Waals surface area contributed by atoms with Crippen LogP contribution in [-0.2, 0) is 0 Å². The zero-order valence-corrected chi connectivity index (χ0v) is 10.3. The lowest BCUT2D eigenvalue weighted by Crippen LogP contribution is -2.10. The van der Waals surface area contributed by atoms with Crippen LogP contribution in [-0.4, -0.2) is 49.9 Å². The topological polar surface area (TPSA) is 210 Å². The van der Waals surface area contributed by atoms with Crippen LogP contribution in [0, 0.1) is 0 Å². The molecule has 0 radical (unpaired) electrons. The highest BCUT2D eigenvalue weighted by atomic mass is 15.5. The van der Waals surface area contributed by atoms with Crippen molar-refractivity contribution in [2.24, 2.45) is 10.2 Å². The molecule has 106 valence electrons. The quantitative estimate of drug-likeness (QED) is 0.370. The summed E-state index contributed by atoms with van der Waals surface area (Å²) in [5.74, 6) is -0.173. The number of hydrogen-bond donors (Lipinski definition) is 0. The van der Waals surface area contributed by atoms with Gasteiger partial charge in [0.25, 0.3) is 11.9 Å². The molecule has 0 aromatic carbocycles. The molecule has 0 N–H and O–H groups in total. The van der Waals surface area contributed by atoms with Gasteiger partial charge in [-0.15, -0.1) is 30.6 Å². The van der Waals surface area contributed by atoms with E-state index in [1.54, 1.807) is 0 Å². The summed E-state index contributed by atoms with van der Waals surface area (Å²) in [4.78, 5) is 12.5. The first-order chi connectivity index (χ1) is 10.8. The highest BCUT2D eigenvalue weighted by Gasteiger charge is 2.09. The molecule has 0 atom stereocenters. The van der Waals surface area contributed by atoms with Gasteiger partial charge in [0.1, 0.15) is 12.7 Å². The summed E-state index contributed by atoms with van der Waals surface area (Å²) in [6.45, 7) is 0. The number of hydrogen-bond acceptors (Lipinski definition) is 10. The van der Waals surface area contributed by atoms with E-state index in [1.165, 1.54) is 12.7 Å². The lowest BCUT2D eigenvalue weighted by atomic mass is 10.9. The normalized spacial score (nSPS) is 9.82. The summed E-state index contributed by atoms with van der Waals surface area (Å²) in [5, 5.41) is 29.1. The second-order valence-corrected chi connectivity index (χ2v) is 3.36. The molecular weight excluding hydrogens is 296 g/mol. The van der Waals surface area contributed by atoms with Crippen molar-refractivity contribution in [1.29, 1.82) is 0 Å². The third kappa shape index (κ3) is 2.44. The SMILES string of the molecule is [N-]=[N+]=Nc1ncn(-c2nnc(-n3cnc(N=[N+]=[N-])n3)nn2)n1. The molecule has 0 aliphatic heterocycles. The average Bonchev–Trinajstić information content (AvgIpc) is 3.18. The fourth-order valence-electron chi connectivity index (χ4n) is 1.28. The van der Waals surface area contributed by atoms with E-state index in [1.807, 2.05) is 0 Å². The first kappa shape index (κ1) is 12.9. The van der Waals surface area contributed by atoms with E-state index in [9.17, 15) is 0 Å². The molecule has 0 aliphatic rings. The Morgan fingerprint density at radius 1 is 0.773 bits per heavy atom. The average molecular weight is 298 g/mol. The molecule has 0 unspecified atom stereocenters. The second kappa shape index (κ2) is 5.45. The lowest BCUT2D eigenvalue weighted by Gasteiger charge is -1.97. The molecule has 0 spiro atoms. The molecule has 0 saturated heterocycles. The number of rotatable bonds is 4. The van der Waals surface area contributed by atoms with Crippen LogP contribution in [0.25, 0.3) is 32.8 Å². The summed E-state index contributed by atoms with van der Waals surface area (Å²) in [5.41, 5.74) is 16.5. The monoisotopic (exact) mass is 298 g/mol. The van der Waals surface area contributed by atoms with Crippen LogP contribution >= 0.6 is 0 Å². The van der Waals surface area contributed by atoms with E-state index < -0.39 is 0 Å². The standard InChI is InChI=1S/C6H2N16/c7-19-11-3-9-1-21(17-3)5-13-15-6(16-14-5)22-2-10-4(18-22)12-20-8/h1-2H. The Hall–Kier alpha value is -4.16. The van der Waals surface area contributed by atoms with E-state index in [0.29, 0.717) is 0 Å². The minimum Gasteiger partial charge on any atom is -0.213 e. The Balaban J connectivity index is 1.87. The van der Waals surface area contributed by atoms with Gasteiger partial charge >= 0.3 is 0 Å². The van der Waals surface area contributed by atoms with Crippen molar-refractivity contribution in [2.45, 2.75) is 0 Å². The molecule has 3 rings (SSSR count). The molecule has 3 aromatic rings. The number of nitrogens with zero attached hydrogens (tertiary/aromatic N) is 16. The molecule has 3 heterocycles. The molecule has 16 nitrogen and oxygen atoms in total. The van der Waals surface area contributed by atoms with Crippen molar-refractivity contribution in [3.05, 3.63) is 33.5 Å². The van der Waals surface area contributed by atoms with Crippen LogP contribution in [0.2, 0.25) is 0 Å². The Morgan fingerprint density at radius 3 is 1.55 bits per heavy atom. The fraction of sp³-hybridized carbons (Fsp3) is 0. The van der Waals surface area contributed by atoms with Crippen LogP contribution in [0.1, 0.15) is 0 Å². The van der Waals surface area contributed by atoms with Crippen LogP contribution < -0.4 is 0 Å². The third-order valence-corrected chi connectivity index (χ3v) is 2.10. The van der Waals surface area contributed by atoms with Gasteiger partial charge in [-0.1, -0.05) is 0 Å². The molecule has 0 aliphatic carbocycles. The maximum Gasteiger partial charge on any atom is 0.290 e. The maximum atomic E-state index is 8.27. The van der Waals surface area contributed by atoms with E-state index >= 15 is 0 Å². The smallest absolute Gasteiger partial charge is 0.213 e. The fourth-order valence-corrected chi connectivity index (χ4v) is 1.28. The Morgan fingerprint density at radius 2 is 1.18 bits per heavy atom. The van der Waals surface area contributed by atoms with Crippen LogP contribution in [0.5, 0.6) is 0 Å². The maximum absolute atomic E-state index is 8.27. The summed E-state index contributed by atoms with van der Waals surface area (Å²) in [7, 11) is 0. The van der Waals surface area contributed by atoms with E-state index in [2.05, 4.69) is 60.6 Å². The van der Waals surface area contributed by atoms with Crippen molar-refractivity contribution in [3.63, 3.8) is 0 Å². The van der Waals surface area contributed by atoms with Crippen molar-refractivity contribution < 1.29 is 0 Å². The third-order valence-electron chi connectivity index (χ3n) is 2.10. The minimum atomic E-state index is -0.0922. The second-order valence-electron chi connectivity index (χ2n) is 3.36. The molecule has 22 heavy (non-hydrogen) atoms. The Labute approximate surface area is 118 Å².